The number of nitrogens with one attached hydrogen (secondary N) is 1. The Morgan fingerprint density at radius 2 is 2.00 bits per heavy atom. The molecule has 4 aromatic rings. The molecule has 1 N–H and O–H groups in total. The number of carbonyl (C=O) groups excluding carboxylic acids is 1. The van der Waals surface area contributed by atoms with Crippen LogP contribution in [-0.2, 0) is 9.53 Å². The number of carbonyl (C=O) groups is 1. The molecule has 30 heavy (non-hydrogen) atoms. The molecule has 0 saturated carbocycles. The average Bonchev–Trinajstić information content (AvgIpc) is 3.12. The number of H-pyrrole nitrogens is 1. The lowest BCUT2D eigenvalue weighted by Crippen LogP contribution is -2.25. The molecule has 0 saturated heterocycles. The summed E-state index contributed by atoms with van der Waals surface area (Å²) < 4.78 is 6.56. The number of nitrogens with zero attached hydrogens (tertiary/aromatic N) is 2. The Balaban J connectivity index is 2.05. The molecule has 0 bridgehead atoms. The fourth-order valence-corrected chi connectivity index (χ4v) is 4.60. The maximum Gasteiger partial charge on any atom is 0.319 e. The van der Waals surface area contributed by atoms with Gasteiger partial charge in [0.2, 0.25) is 0 Å². The van der Waals surface area contributed by atoms with Crippen molar-refractivity contribution >= 4 is 39.7 Å². The normalized spacial score (nSPS) is 12.4. The van der Waals surface area contributed by atoms with Crippen LogP contribution >= 0.6 is 11.8 Å². The third-order valence-corrected chi connectivity index (χ3v) is 6.48. The standard InChI is InChI=1S/C23H23N3O3S/c1-5-18(22(28)29-4)30-23-25-19-15-8-6-7-9-16(15)24-20(19)21(27)26(23)17-12-13(2)10-11-14(17)3/h6-12,18,24H,5H2,1-4H3. The summed E-state index contributed by atoms with van der Waals surface area (Å²) in [5.74, 6) is -0.330. The molecule has 2 aromatic heterocycles. The molecule has 0 amide bonds. The lowest BCUT2D eigenvalue weighted by molar-refractivity contribution is -0.140. The van der Waals surface area contributed by atoms with E-state index in [-0.39, 0.29) is 11.5 Å². The molecule has 0 aliphatic rings. The van der Waals surface area contributed by atoms with E-state index in [4.69, 9.17) is 9.72 Å². The number of aromatic nitrogens is 3. The highest BCUT2D eigenvalue weighted by atomic mass is 32.2. The Morgan fingerprint density at radius 1 is 1.23 bits per heavy atom. The van der Waals surface area contributed by atoms with Gasteiger partial charge in [-0.3, -0.25) is 14.2 Å². The van der Waals surface area contributed by atoms with Gasteiger partial charge >= 0.3 is 5.97 Å². The highest BCUT2D eigenvalue weighted by molar-refractivity contribution is 8.00. The van der Waals surface area contributed by atoms with Crippen molar-refractivity contribution in [2.45, 2.75) is 37.6 Å². The van der Waals surface area contributed by atoms with Crippen molar-refractivity contribution in [1.82, 2.24) is 14.5 Å². The zero-order valence-electron chi connectivity index (χ0n) is 17.4. The van der Waals surface area contributed by atoms with Crippen LogP contribution < -0.4 is 5.56 Å². The summed E-state index contributed by atoms with van der Waals surface area (Å²) in [7, 11) is 1.37. The molecule has 1 unspecified atom stereocenters. The smallest absolute Gasteiger partial charge is 0.319 e. The fraction of sp³-hybridized carbons (Fsp3) is 0.261. The van der Waals surface area contributed by atoms with Gasteiger partial charge in [0.05, 0.1) is 12.8 Å². The second-order valence-corrected chi connectivity index (χ2v) is 8.43. The predicted molar refractivity (Wildman–Crippen MR) is 121 cm³/mol. The van der Waals surface area contributed by atoms with Crippen LogP contribution in [0, 0.1) is 13.8 Å². The van der Waals surface area contributed by atoms with Crippen molar-refractivity contribution in [3.05, 3.63) is 63.9 Å². The van der Waals surface area contributed by atoms with E-state index in [0.29, 0.717) is 22.6 Å². The molecular formula is C23H23N3O3S. The van der Waals surface area contributed by atoms with Crippen LogP contribution in [0.5, 0.6) is 0 Å². The van der Waals surface area contributed by atoms with Gasteiger partial charge in [-0.2, -0.15) is 0 Å². The molecule has 0 radical (unpaired) electrons. The molecule has 2 aromatic carbocycles. The van der Waals surface area contributed by atoms with Gasteiger partial charge in [0.25, 0.3) is 5.56 Å². The zero-order chi connectivity index (χ0) is 21.4. The van der Waals surface area contributed by atoms with Crippen molar-refractivity contribution in [1.29, 1.82) is 0 Å². The highest BCUT2D eigenvalue weighted by Crippen LogP contribution is 2.30. The van der Waals surface area contributed by atoms with E-state index in [9.17, 15) is 9.59 Å². The van der Waals surface area contributed by atoms with Crippen molar-refractivity contribution in [3.8, 4) is 5.69 Å². The second-order valence-electron chi connectivity index (χ2n) is 7.26. The van der Waals surface area contributed by atoms with Crippen LogP contribution in [0.25, 0.3) is 27.6 Å². The summed E-state index contributed by atoms with van der Waals surface area (Å²) in [6, 6.07) is 13.7. The molecule has 4 rings (SSSR count). The number of aromatic amines is 1. The quantitative estimate of drug-likeness (QED) is 0.291. The molecule has 0 aliphatic heterocycles. The van der Waals surface area contributed by atoms with E-state index >= 15 is 0 Å². The van der Waals surface area contributed by atoms with Crippen molar-refractivity contribution in [2.24, 2.45) is 0 Å². The van der Waals surface area contributed by atoms with Crippen molar-refractivity contribution < 1.29 is 9.53 Å². The van der Waals surface area contributed by atoms with Gasteiger partial charge in [0.1, 0.15) is 16.3 Å². The molecule has 1 atom stereocenters. The maximum absolute atomic E-state index is 13.7. The highest BCUT2D eigenvalue weighted by Gasteiger charge is 2.24. The molecule has 154 valence electrons. The van der Waals surface area contributed by atoms with E-state index in [2.05, 4.69) is 4.98 Å². The van der Waals surface area contributed by atoms with Crippen LogP contribution in [0.4, 0.5) is 0 Å². The second kappa shape index (κ2) is 7.99. The summed E-state index contributed by atoms with van der Waals surface area (Å²) >= 11 is 1.26. The first-order valence-corrected chi connectivity index (χ1v) is 10.7. The number of fused-ring (bicyclic) bond motifs is 3. The number of methoxy groups -OCH3 is 1. The summed E-state index contributed by atoms with van der Waals surface area (Å²) in [6.45, 7) is 5.86. The number of para-hydroxylation sites is 1. The Morgan fingerprint density at radius 3 is 2.73 bits per heavy atom. The summed E-state index contributed by atoms with van der Waals surface area (Å²) in [5.41, 5.74) is 4.48. The summed E-state index contributed by atoms with van der Waals surface area (Å²) in [6.07, 6.45) is 0.561. The number of esters is 1. The van der Waals surface area contributed by atoms with Crippen LogP contribution in [0.2, 0.25) is 0 Å². The summed E-state index contributed by atoms with van der Waals surface area (Å²) in [5, 5.41) is 0.898. The SMILES string of the molecule is CCC(Sc1nc2c([nH]c3ccccc32)c(=O)n1-c1cc(C)ccc1C)C(=O)OC. The zero-order valence-corrected chi connectivity index (χ0v) is 18.2. The van der Waals surface area contributed by atoms with Crippen molar-refractivity contribution in [2.75, 3.05) is 7.11 Å². The first-order valence-electron chi connectivity index (χ1n) is 9.80. The Bertz CT molecular complexity index is 1320. The average molecular weight is 422 g/mol. The van der Waals surface area contributed by atoms with E-state index in [1.54, 1.807) is 4.57 Å². The van der Waals surface area contributed by atoms with Gasteiger partial charge in [-0.25, -0.2) is 4.98 Å². The van der Waals surface area contributed by atoms with Crippen LogP contribution in [0.15, 0.2) is 52.4 Å². The number of ether oxygens (including phenoxy) is 1. The molecule has 0 spiro atoms. The molecule has 7 heteroatoms. The third-order valence-electron chi connectivity index (χ3n) is 5.18. The molecule has 0 aliphatic carbocycles. The molecular weight excluding hydrogens is 398 g/mol. The minimum Gasteiger partial charge on any atom is -0.468 e. The Hall–Kier alpha value is -3.06. The number of rotatable bonds is 5. The van der Waals surface area contributed by atoms with Gasteiger partial charge in [-0.05, 0) is 43.5 Å². The van der Waals surface area contributed by atoms with Gasteiger partial charge in [-0.15, -0.1) is 0 Å². The van der Waals surface area contributed by atoms with Gasteiger partial charge in [-0.1, -0.05) is 49.0 Å². The first kappa shape index (κ1) is 20.2. The van der Waals surface area contributed by atoms with Crippen LogP contribution in [-0.4, -0.2) is 32.9 Å². The molecule has 2 heterocycles. The molecule has 0 fully saturated rings. The minimum absolute atomic E-state index is 0.188. The Labute approximate surface area is 178 Å². The first-order chi connectivity index (χ1) is 14.4. The lowest BCUT2D eigenvalue weighted by Gasteiger charge is -2.17. The number of thioether (sulfide) groups is 1. The third kappa shape index (κ3) is 3.39. The number of benzene rings is 2. The number of hydrogen-bond acceptors (Lipinski definition) is 5. The Kier molecular flexibility index (Phi) is 5.39. The van der Waals surface area contributed by atoms with Gasteiger partial charge in [0, 0.05) is 10.9 Å². The van der Waals surface area contributed by atoms with Crippen LogP contribution in [0.1, 0.15) is 24.5 Å². The number of aryl methyl sites for hydroxylation is 2. The fourth-order valence-electron chi connectivity index (χ4n) is 3.55. The number of hydrogen-bond donors (Lipinski definition) is 1. The largest absolute Gasteiger partial charge is 0.468 e. The maximum atomic E-state index is 13.7. The monoisotopic (exact) mass is 421 g/mol. The van der Waals surface area contributed by atoms with Crippen LogP contribution in [0.3, 0.4) is 0 Å². The lowest BCUT2D eigenvalue weighted by atomic mass is 10.1. The topological polar surface area (TPSA) is 77.0 Å². The summed E-state index contributed by atoms with van der Waals surface area (Å²) in [4.78, 5) is 34.0. The van der Waals surface area contributed by atoms with E-state index < -0.39 is 5.25 Å². The van der Waals surface area contributed by atoms with E-state index in [1.807, 2.05) is 63.2 Å². The van der Waals surface area contributed by atoms with E-state index in [0.717, 1.165) is 27.7 Å². The van der Waals surface area contributed by atoms with Gasteiger partial charge in [0.15, 0.2) is 5.16 Å². The van der Waals surface area contributed by atoms with Crippen molar-refractivity contribution in [3.63, 3.8) is 0 Å². The van der Waals surface area contributed by atoms with Gasteiger partial charge < -0.3 is 9.72 Å². The van der Waals surface area contributed by atoms with E-state index in [1.165, 1.54) is 18.9 Å². The minimum atomic E-state index is -0.457. The molecule has 6 nitrogen and oxygen atoms in total. The predicted octanol–water partition coefficient (Wildman–Crippen LogP) is 4.53.